The van der Waals surface area contributed by atoms with Crippen molar-refractivity contribution in [1.29, 1.82) is 0 Å². The number of H-pyrrole nitrogens is 1. The second kappa shape index (κ2) is 4.00. The molecule has 5 nitrogen and oxygen atoms in total. The van der Waals surface area contributed by atoms with Crippen LogP contribution >= 0.6 is 0 Å². The first-order valence-corrected chi connectivity index (χ1v) is 5.46. The average Bonchev–Trinajstić information content (AvgIpc) is 2.77. The zero-order valence-electron chi connectivity index (χ0n) is 9.91. The van der Waals surface area contributed by atoms with Crippen molar-refractivity contribution in [3.05, 3.63) is 17.5 Å². The Morgan fingerprint density at radius 3 is 2.81 bits per heavy atom. The summed E-state index contributed by atoms with van der Waals surface area (Å²) in [7, 11) is 1.87. The van der Waals surface area contributed by atoms with Gasteiger partial charge in [-0.1, -0.05) is 13.3 Å². The molecule has 0 atom stereocenters. The second-order valence-electron chi connectivity index (χ2n) is 3.99. The van der Waals surface area contributed by atoms with E-state index < -0.39 is 0 Å². The molecule has 0 spiro atoms. The predicted octanol–water partition coefficient (Wildman–Crippen LogP) is 1.65. The largest absolute Gasteiger partial charge is 0.384 e. The minimum atomic E-state index is 0.748. The van der Waals surface area contributed by atoms with Gasteiger partial charge in [0.05, 0.1) is 6.20 Å². The summed E-state index contributed by atoms with van der Waals surface area (Å²) < 4.78 is 1.73. The van der Waals surface area contributed by atoms with Crippen LogP contribution in [0.3, 0.4) is 0 Å². The molecule has 2 aromatic rings. The molecule has 0 aliphatic heterocycles. The van der Waals surface area contributed by atoms with E-state index in [1.165, 1.54) is 0 Å². The molecule has 0 radical (unpaired) electrons. The van der Waals surface area contributed by atoms with E-state index >= 15 is 0 Å². The Hall–Kier alpha value is -1.78. The standard InChI is InChI=1S/C11H17N5/c1-4-5-8-10(15-16(3)11(8)12)9-6-13-14-7(9)2/h6H,4-5,12H2,1-3H3,(H,13,14). The van der Waals surface area contributed by atoms with E-state index in [9.17, 15) is 0 Å². The highest BCUT2D eigenvalue weighted by atomic mass is 15.3. The number of aromatic nitrogens is 4. The first-order valence-electron chi connectivity index (χ1n) is 5.46. The van der Waals surface area contributed by atoms with Crippen molar-refractivity contribution < 1.29 is 0 Å². The van der Waals surface area contributed by atoms with Gasteiger partial charge in [0, 0.05) is 23.9 Å². The maximum Gasteiger partial charge on any atom is 0.125 e. The zero-order valence-corrected chi connectivity index (χ0v) is 9.91. The molecular weight excluding hydrogens is 202 g/mol. The van der Waals surface area contributed by atoms with Crippen LogP contribution in [0.5, 0.6) is 0 Å². The Labute approximate surface area is 94.7 Å². The normalized spacial score (nSPS) is 10.9. The third-order valence-corrected chi connectivity index (χ3v) is 2.78. The molecule has 5 heteroatoms. The number of nitrogens with two attached hydrogens (primary N) is 1. The number of nitrogen functional groups attached to an aromatic ring is 1. The first-order chi connectivity index (χ1) is 7.65. The summed E-state index contributed by atoms with van der Waals surface area (Å²) >= 11 is 0. The van der Waals surface area contributed by atoms with E-state index in [1.807, 2.05) is 14.0 Å². The summed E-state index contributed by atoms with van der Waals surface area (Å²) in [4.78, 5) is 0. The molecule has 0 unspecified atom stereocenters. The molecule has 2 heterocycles. The molecule has 16 heavy (non-hydrogen) atoms. The number of nitrogens with one attached hydrogen (secondary N) is 1. The van der Waals surface area contributed by atoms with E-state index in [1.54, 1.807) is 10.9 Å². The molecular formula is C11H17N5. The summed E-state index contributed by atoms with van der Waals surface area (Å²) in [5.74, 6) is 0.748. The molecule has 0 bridgehead atoms. The number of hydrogen-bond acceptors (Lipinski definition) is 3. The van der Waals surface area contributed by atoms with E-state index in [4.69, 9.17) is 5.73 Å². The summed E-state index contributed by atoms with van der Waals surface area (Å²) in [5.41, 5.74) is 10.1. The number of nitrogens with zero attached hydrogens (tertiary/aromatic N) is 3. The lowest BCUT2D eigenvalue weighted by Gasteiger charge is -2.00. The Bertz CT molecular complexity index is 494. The molecule has 0 saturated carbocycles. The minimum absolute atomic E-state index is 0.748. The van der Waals surface area contributed by atoms with Crippen molar-refractivity contribution in [3.63, 3.8) is 0 Å². The van der Waals surface area contributed by atoms with Gasteiger partial charge in [-0.05, 0) is 13.3 Å². The summed E-state index contributed by atoms with van der Waals surface area (Å²) in [5, 5.41) is 11.4. The van der Waals surface area contributed by atoms with Crippen molar-refractivity contribution in [2.75, 3.05) is 5.73 Å². The zero-order chi connectivity index (χ0) is 11.7. The fraction of sp³-hybridized carbons (Fsp3) is 0.455. The van der Waals surface area contributed by atoms with Gasteiger partial charge in [0.15, 0.2) is 0 Å². The highest BCUT2D eigenvalue weighted by molar-refractivity contribution is 5.69. The van der Waals surface area contributed by atoms with Gasteiger partial charge in [-0.15, -0.1) is 0 Å². The lowest BCUT2D eigenvalue weighted by atomic mass is 10.1. The minimum Gasteiger partial charge on any atom is -0.384 e. The van der Waals surface area contributed by atoms with E-state index in [0.29, 0.717) is 0 Å². The number of anilines is 1. The maximum atomic E-state index is 6.02. The van der Waals surface area contributed by atoms with Crippen molar-refractivity contribution in [2.45, 2.75) is 26.7 Å². The van der Waals surface area contributed by atoms with Crippen LogP contribution in [0.2, 0.25) is 0 Å². The predicted molar refractivity (Wildman–Crippen MR) is 63.9 cm³/mol. The van der Waals surface area contributed by atoms with Crippen LogP contribution in [0, 0.1) is 6.92 Å². The van der Waals surface area contributed by atoms with Gasteiger partial charge >= 0.3 is 0 Å². The molecule has 0 fully saturated rings. The summed E-state index contributed by atoms with van der Waals surface area (Å²) in [6.07, 6.45) is 3.80. The molecule has 0 aromatic carbocycles. The third kappa shape index (κ3) is 1.58. The van der Waals surface area contributed by atoms with Crippen LogP contribution in [0.4, 0.5) is 5.82 Å². The maximum absolute atomic E-state index is 6.02. The van der Waals surface area contributed by atoms with E-state index in [0.717, 1.165) is 41.2 Å². The van der Waals surface area contributed by atoms with Crippen LogP contribution in [-0.2, 0) is 13.5 Å². The van der Waals surface area contributed by atoms with Gasteiger partial charge in [0.2, 0.25) is 0 Å². The van der Waals surface area contributed by atoms with E-state index in [2.05, 4.69) is 22.2 Å². The van der Waals surface area contributed by atoms with Crippen LogP contribution < -0.4 is 5.73 Å². The molecule has 0 amide bonds. The number of rotatable bonds is 3. The fourth-order valence-electron chi connectivity index (χ4n) is 1.88. The Balaban J connectivity index is 2.56. The molecule has 2 rings (SSSR count). The lowest BCUT2D eigenvalue weighted by molar-refractivity contribution is 0.781. The quantitative estimate of drug-likeness (QED) is 0.824. The topological polar surface area (TPSA) is 72.5 Å². The molecule has 0 aliphatic rings. The second-order valence-corrected chi connectivity index (χ2v) is 3.99. The van der Waals surface area contributed by atoms with Gasteiger partial charge in [-0.2, -0.15) is 10.2 Å². The Kier molecular flexibility index (Phi) is 2.68. The van der Waals surface area contributed by atoms with Crippen LogP contribution in [0.1, 0.15) is 24.6 Å². The number of aromatic amines is 1. The molecule has 0 aliphatic carbocycles. The van der Waals surface area contributed by atoms with Gasteiger partial charge in [-0.3, -0.25) is 9.78 Å². The van der Waals surface area contributed by atoms with Crippen LogP contribution in [-0.4, -0.2) is 20.0 Å². The third-order valence-electron chi connectivity index (χ3n) is 2.78. The van der Waals surface area contributed by atoms with E-state index in [-0.39, 0.29) is 0 Å². The first kappa shape index (κ1) is 10.7. The van der Waals surface area contributed by atoms with Crippen LogP contribution in [0.25, 0.3) is 11.3 Å². The summed E-state index contributed by atoms with van der Waals surface area (Å²) in [6.45, 7) is 4.13. The SMILES string of the molecule is CCCc1c(-c2cn[nH]c2C)nn(C)c1N. The number of hydrogen-bond donors (Lipinski definition) is 2. The molecule has 3 N–H and O–H groups in total. The monoisotopic (exact) mass is 219 g/mol. The number of aryl methyl sites for hydroxylation is 2. The smallest absolute Gasteiger partial charge is 0.125 e. The van der Waals surface area contributed by atoms with Gasteiger partial charge < -0.3 is 5.73 Å². The van der Waals surface area contributed by atoms with Crippen molar-refractivity contribution in [1.82, 2.24) is 20.0 Å². The molecule has 86 valence electrons. The lowest BCUT2D eigenvalue weighted by Crippen LogP contribution is -1.99. The fourth-order valence-corrected chi connectivity index (χ4v) is 1.88. The Morgan fingerprint density at radius 2 is 2.25 bits per heavy atom. The highest BCUT2D eigenvalue weighted by Gasteiger charge is 2.17. The van der Waals surface area contributed by atoms with Crippen molar-refractivity contribution in [2.24, 2.45) is 7.05 Å². The molecule has 0 saturated heterocycles. The Morgan fingerprint density at radius 1 is 1.50 bits per heavy atom. The highest BCUT2D eigenvalue weighted by Crippen LogP contribution is 2.28. The molecule has 2 aromatic heterocycles. The summed E-state index contributed by atoms with van der Waals surface area (Å²) in [6, 6.07) is 0. The van der Waals surface area contributed by atoms with Crippen molar-refractivity contribution >= 4 is 5.82 Å². The van der Waals surface area contributed by atoms with Gasteiger partial charge in [-0.25, -0.2) is 0 Å². The van der Waals surface area contributed by atoms with Crippen molar-refractivity contribution in [3.8, 4) is 11.3 Å². The van der Waals surface area contributed by atoms with Gasteiger partial charge in [0.1, 0.15) is 11.5 Å². The van der Waals surface area contributed by atoms with Crippen LogP contribution in [0.15, 0.2) is 6.20 Å². The van der Waals surface area contributed by atoms with Gasteiger partial charge in [0.25, 0.3) is 0 Å². The average molecular weight is 219 g/mol.